The minimum absolute atomic E-state index is 0.243. The van der Waals surface area contributed by atoms with Crippen LogP contribution in [0.15, 0.2) is 18.3 Å². The molecule has 1 saturated heterocycles. The molecule has 3 heterocycles. The normalized spacial score (nSPS) is 18.0. The van der Waals surface area contributed by atoms with E-state index in [9.17, 15) is 0 Å². The molecule has 0 radical (unpaired) electrons. The molecule has 0 saturated carbocycles. The van der Waals surface area contributed by atoms with Crippen molar-refractivity contribution in [1.29, 1.82) is 0 Å². The largest absolute Gasteiger partial charge is 0.339 e. The van der Waals surface area contributed by atoms with Crippen molar-refractivity contribution in [2.24, 2.45) is 11.1 Å². The minimum atomic E-state index is 0.243. The number of nitrogens with two attached hydrogens (primary N) is 1. The second-order valence-electron chi connectivity index (χ2n) is 5.85. The van der Waals surface area contributed by atoms with Crippen molar-refractivity contribution in [2.75, 3.05) is 24.5 Å². The second-order valence-corrected chi connectivity index (χ2v) is 6.28. The fraction of sp³-hybridized carbons (Fsp3) is 0.500. The highest BCUT2D eigenvalue weighted by Gasteiger charge is 2.30. The lowest BCUT2D eigenvalue weighted by molar-refractivity contribution is 0.257. The van der Waals surface area contributed by atoms with Crippen LogP contribution < -0.4 is 10.6 Å². The smallest absolute Gasteiger partial charge is 0.245 e. The SMILES string of the molecule is CC1(CN)CCN(c2n[nH]c(-c3ccc(Cl)cn3)n2)CC1. The van der Waals surface area contributed by atoms with Crippen molar-refractivity contribution in [3.63, 3.8) is 0 Å². The predicted molar refractivity (Wildman–Crippen MR) is 83.2 cm³/mol. The average molecular weight is 307 g/mol. The summed E-state index contributed by atoms with van der Waals surface area (Å²) in [5.41, 5.74) is 6.82. The Labute approximate surface area is 128 Å². The summed E-state index contributed by atoms with van der Waals surface area (Å²) in [7, 11) is 0. The molecule has 0 aromatic carbocycles. The standard InChI is InChI=1S/C14H19ClN6/c1-14(9-16)4-6-21(7-5-14)13-18-12(19-20-13)11-3-2-10(15)8-17-11/h2-3,8H,4-7,9,16H2,1H3,(H,18,19,20). The van der Waals surface area contributed by atoms with Gasteiger partial charge in [0, 0.05) is 19.3 Å². The van der Waals surface area contributed by atoms with Gasteiger partial charge >= 0.3 is 0 Å². The number of aromatic amines is 1. The molecular formula is C14H19ClN6. The molecule has 1 fully saturated rings. The molecule has 0 spiro atoms. The molecule has 3 rings (SSSR count). The summed E-state index contributed by atoms with van der Waals surface area (Å²) in [6, 6.07) is 3.62. The van der Waals surface area contributed by atoms with Crippen molar-refractivity contribution in [1.82, 2.24) is 20.2 Å². The number of pyridine rings is 1. The lowest BCUT2D eigenvalue weighted by Crippen LogP contribution is -2.42. The first kappa shape index (κ1) is 14.3. The zero-order valence-corrected chi connectivity index (χ0v) is 12.8. The third-order valence-electron chi connectivity index (χ3n) is 4.19. The Balaban J connectivity index is 1.72. The molecule has 0 aliphatic carbocycles. The van der Waals surface area contributed by atoms with Crippen LogP contribution in [-0.2, 0) is 0 Å². The molecule has 0 amide bonds. The molecule has 0 unspecified atom stereocenters. The number of hydrogen-bond acceptors (Lipinski definition) is 5. The van der Waals surface area contributed by atoms with Gasteiger partial charge in [0.1, 0.15) is 5.69 Å². The number of rotatable bonds is 3. The molecule has 1 aliphatic heterocycles. The van der Waals surface area contributed by atoms with Gasteiger partial charge in [-0.15, -0.1) is 5.10 Å². The summed E-state index contributed by atoms with van der Waals surface area (Å²) >= 11 is 5.84. The summed E-state index contributed by atoms with van der Waals surface area (Å²) in [5.74, 6) is 1.38. The molecular weight excluding hydrogens is 288 g/mol. The topological polar surface area (TPSA) is 83.7 Å². The van der Waals surface area contributed by atoms with Crippen LogP contribution in [0.25, 0.3) is 11.5 Å². The van der Waals surface area contributed by atoms with E-state index in [1.807, 2.05) is 6.07 Å². The minimum Gasteiger partial charge on any atom is -0.339 e. The molecule has 7 heteroatoms. The van der Waals surface area contributed by atoms with E-state index in [0.29, 0.717) is 10.8 Å². The van der Waals surface area contributed by atoms with Crippen LogP contribution in [0.3, 0.4) is 0 Å². The Morgan fingerprint density at radius 1 is 1.38 bits per heavy atom. The number of piperidine rings is 1. The number of nitrogens with one attached hydrogen (secondary N) is 1. The molecule has 112 valence electrons. The maximum Gasteiger partial charge on any atom is 0.245 e. The molecule has 0 atom stereocenters. The van der Waals surface area contributed by atoms with Crippen LogP contribution in [0.5, 0.6) is 0 Å². The molecule has 2 aromatic rings. The number of nitrogens with zero attached hydrogens (tertiary/aromatic N) is 4. The van der Waals surface area contributed by atoms with Gasteiger partial charge in [0.2, 0.25) is 5.95 Å². The van der Waals surface area contributed by atoms with Gasteiger partial charge < -0.3 is 10.6 Å². The fourth-order valence-electron chi connectivity index (χ4n) is 2.48. The Kier molecular flexibility index (Phi) is 3.82. The Morgan fingerprint density at radius 3 is 2.76 bits per heavy atom. The van der Waals surface area contributed by atoms with Crippen LogP contribution >= 0.6 is 11.6 Å². The highest BCUT2D eigenvalue weighted by molar-refractivity contribution is 6.30. The predicted octanol–water partition coefficient (Wildman–Crippen LogP) is 2.09. The van der Waals surface area contributed by atoms with Gasteiger partial charge in [-0.1, -0.05) is 18.5 Å². The number of H-pyrrole nitrogens is 1. The highest BCUT2D eigenvalue weighted by atomic mass is 35.5. The van der Waals surface area contributed by atoms with Crippen molar-refractivity contribution in [3.05, 3.63) is 23.4 Å². The zero-order valence-electron chi connectivity index (χ0n) is 12.0. The van der Waals surface area contributed by atoms with Crippen molar-refractivity contribution in [2.45, 2.75) is 19.8 Å². The van der Waals surface area contributed by atoms with Gasteiger partial charge in [-0.3, -0.25) is 10.1 Å². The maximum atomic E-state index is 5.84. The Bertz CT molecular complexity index is 600. The molecule has 3 N–H and O–H groups in total. The van der Waals surface area contributed by atoms with Gasteiger partial charge in [-0.05, 0) is 36.9 Å². The van der Waals surface area contributed by atoms with Crippen LogP contribution in [0.2, 0.25) is 5.02 Å². The molecule has 0 bridgehead atoms. The van der Waals surface area contributed by atoms with Crippen LogP contribution in [0.1, 0.15) is 19.8 Å². The van der Waals surface area contributed by atoms with Crippen LogP contribution in [0.4, 0.5) is 5.95 Å². The summed E-state index contributed by atoms with van der Waals surface area (Å²) in [5, 5.41) is 7.85. The molecule has 6 nitrogen and oxygen atoms in total. The summed E-state index contributed by atoms with van der Waals surface area (Å²) in [6.45, 7) is 4.83. The first-order chi connectivity index (χ1) is 10.1. The summed E-state index contributed by atoms with van der Waals surface area (Å²) < 4.78 is 0. The van der Waals surface area contributed by atoms with Gasteiger partial charge in [-0.25, -0.2) is 0 Å². The fourth-order valence-corrected chi connectivity index (χ4v) is 2.59. The number of hydrogen-bond donors (Lipinski definition) is 2. The Hall–Kier alpha value is -1.66. The maximum absolute atomic E-state index is 5.84. The van der Waals surface area contributed by atoms with Crippen molar-refractivity contribution >= 4 is 17.5 Å². The first-order valence-electron chi connectivity index (χ1n) is 7.09. The van der Waals surface area contributed by atoms with E-state index in [4.69, 9.17) is 17.3 Å². The monoisotopic (exact) mass is 306 g/mol. The van der Waals surface area contributed by atoms with Crippen molar-refractivity contribution in [3.8, 4) is 11.5 Å². The van der Waals surface area contributed by atoms with E-state index < -0.39 is 0 Å². The second kappa shape index (κ2) is 5.61. The number of aromatic nitrogens is 4. The average Bonchev–Trinajstić information content (AvgIpc) is 2.98. The number of halogens is 1. The third-order valence-corrected chi connectivity index (χ3v) is 4.41. The third kappa shape index (κ3) is 3.01. The molecule has 21 heavy (non-hydrogen) atoms. The molecule has 1 aliphatic rings. The van der Waals surface area contributed by atoms with Crippen LogP contribution in [0, 0.1) is 5.41 Å². The number of anilines is 1. The lowest BCUT2D eigenvalue weighted by Gasteiger charge is -2.38. The lowest BCUT2D eigenvalue weighted by atomic mass is 9.81. The van der Waals surface area contributed by atoms with E-state index in [2.05, 4.69) is 32.0 Å². The van der Waals surface area contributed by atoms with E-state index in [1.54, 1.807) is 12.3 Å². The van der Waals surface area contributed by atoms with Gasteiger partial charge in [0.05, 0.1) is 5.02 Å². The van der Waals surface area contributed by atoms with Crippen molar-refractivity contribution < 1.29 is 0 Å². The van der Waals surface area contributed by atoms with Gasteiger partial charge in [0.15, 0.2) is 5.82 Å². The van der Waals surface area contributed by atoms with Crippen LogP contribution in [-0.4, -0.2) is 39.8 Å². The highest BCUT2D eigenvalue weighted by Crippen LogP contribution is 2.31. The zero-order chi connectivity index (χ0) is 14.9. The van der Waals surface area contributed by atoms with E-state index in [-0.39, 0.29) is 5.41 Å². The van der Waals surface area contributed by atoms with E-state index in [1.165, 1.54) is 0 Å². The van der Waals surface area contributed by atoms with Gasteiger partial charge in [-0.2, -0.15) is 4.98 Å². The van der Waals surface area contributed by atoms with Gasteiger partial charge in [0.25, 0.3) is 0 Å². The van der Waals surface area contributed by atoms with E-state index >= 15 is 0 Å². The van der Waals surface area contributed by atoms with E-state index in [0.717, 1.165) is 44.1 Å². The quantitative estimate of drug-likeness (QED) is 0.907. The first-order valence-corrected chi connectivity index (χ1v) is 7.47. The Morgan fingerprint density at radius 2 is 2.14 bits per heavy atom. The molecule has 2 aromatic heterocycles. The summed E-state index contributed by atoms with van der Waals surface area (Å²) in [4.78, 5) is 11.0. The summed E-state index contributed by atoms with van der Waals surface area (Å²) in [6.07, 6.45) is 3.73.